The van der Waals surface area contributed by atoms with E-state index in [-0.39, 0.29) is 5.41 Å². The van der Waals surface area contributed by atoms with Gasteiger partial charge in [0, 0.05) is 35.9 Å². The second kappa shape index (κ2) is 9.71. The van der Waals surface area contributed by atoms with E-state index in [4.69, 9.17) is 4.99 Å². The molecule has 1 spiro atoms. The topological polar surface area (TPSA) is 35.9 Å². The lowest BCUT2D eigenvalue weighted by Gasteiger charge is -2.49. The zero-order chi connectivity index (χ0) is 23.7. The third-order valence-electron chi connectivity index (χ3n) is 8.32. The molecule has 4 heteroatoms. The molecular formula is C30H41N3O. The largest absolute Gasteiger partial charge is 0.372 e. The highest BCUT2D eigenvalue weighted by Crippen LogP contribution is 2.50. The number of allylic oxidation sites excluding steroid dienone is 4. The smallest absolute Gasteiger partial charge is 0.241 e. The molecule has 34 heavy (non-hydrogen) atoms. The van der Waals surface area contributed by atoms with Crippen molar-refractivity contribution in [1.29, 1.82) is 0 Å². The number of hydrogen-bond acceptors (Lipinski definition) is 3. The number of carbonyl (C=O) groups excluding carboxylic acids is 1. The van der Waals surface area contributed by atoms with Crippen LogP contribution in [-0.4, -0.2) is 36.2 Å². The van der Waals surface area contributed by atoms with Gasteiger partial charge in [-0.2, -0.15) is 0 Å². The average molecular weight is 460 g/mol. The summed E-state index contributed by atoms with van der Waals surface area (Å²) in [7, 11) is 0. The number of aliphatic imine (C=N–C) groups is 1. The third kappa shape index (κ3) is 4.25. The number of likely N-dealkylation sites (tertiary alicyclic amines) is 1. The summed E-state index contributed by atoms with van der Waals surface area (Å²) in [6, 6.07) is 8.54. The van der Waals surface area contributed by atoms with Crippen LogP contribution in [0.4, 0.5) is 5.69 Å². The van der Waals surface area contributed by atoms with Gasteiger partial charge in [-0.15, -0.1) is 0 Å². The second-order valence-electron chi connectivity index (χ2n) is 10.8. The minimum Gasteiger partial charge on any atom is -0.372 e. The van der Waals surface area contributed by atoms with Crippen LogP contribution in [0.1, 0.15) is 97.0 Å². The summed E-state index contributed by atoms with van der Waals surface area (Å²) in [5.41, 5.74) is 8.99. The first-order valence-electron chi connectivity index (χ1n) is 13.7. The van der Waals surface area contributed by atoms with Gasteiger partial charge in [0.15, 0.2) is 0 Å². The van der Waals surface area contributed by atoms with Gasteiger partial charge >= 0.3 is 0 Å². The molecule has 2 aliphatic carbocycles. The molecule has 5 rings (SSSR count). The first-order valence-corrected chi connectivity index (χ1v) is 13.7. The number of para-hydroxylation sites is 1. The molecule has 2 heterocycles. The van der Waals surface area contributed by atoms with E-state index in [1.165, 1.54) is 73.2 Å². The Morgan fingerprint density at radius 1 is 1.03 bits per heavy atom. The quantitative estimate of drug-likeness (QED) is 0.297. The lowest BCUT2D eigenvalue weighted by molar-refractivity contribution is -0.128. The summed E-state index contributed by atoms with van der Waals surface area (Å²) >= 11 is 0. The van der Waals surface area contributed by atoms with Crippen LogP contribution in [0, 0.1) is 0 Å². The Morgan fingerprint density at radius 3 is 2.50 bits per heavy atom. The number of anilines is 1. The molecule has 4 nitrogen and oxygen atoms in total. The van der Waals surface area contributed by atoms with Crippen molar-refractivity contribution in [2.75, 3.05) is 24.5 Å². The molecule has 4 aliphatic rings. The van der Waals surface area contributed by atoms with Gasteiger partial charge in [-0.1, -0.05) is 56.0 Å². The van der Waals surface area contributed by atoms with E-state index in [1.54, 1.807) is 5.57 Å². The van der Waals surface area contributed by atoms with Gasteiger partial charge < -0.3 is 9.80 Å². The van der Waals surface area contributed by atoms with Gasteiger partial charge in [0.05, 0.1) is 6.54 Å². The number of hydrogen-bond donors (Lipinski definition) is 0. The molecule has 2 aliphatic heterocycles. The highest BCUT2D eigenvalue weighted by Gasteiger charge is 2.58. The van der Waals surface area contributed by atoms with Crippen molar-refractivity contribution >= 4 is 17.3 Å². The number of amides is 1. The summed E-state index contributed by atoms with van der Waals surface area (Å²) in [5, 5.41) is 0. The number of rotatable bonds is 9. The van der Waals surface area contributed by atoms with Gasteiger partial charge in [0.25, 0.3) is 0 Å². The van der Waals surface area contributed by atoms with Crippen LogP contribution >= 0.6 is 0 Å². The monoisotopic (exact) mass is 459 g/mol. The number of nitrogens with zero attached hydrogens (tertiary/aromatic N) is 3. The van der Waals surface area contributed by atoms with E-state index in [1.807, 2.05) is 0 Å². The lowest BCUT2D eigenvalue weighted by Crippen LogP contribution is -2.63. The Balaban J connectivity index is 1.41. The van der Waals surface area contributed by atoms with E-state index in [0.29, 0.717) is 12.5 Å². The van der Waals surface area contributed by atoms with E-state index >= 15 is 0 Å². The Labute approximate surface area is 205 Å². The van der Waals surface area contributed by atoms with Gasteiger partial charge in [-0.05, 0) is 76.3 Å². The van der Waals surface area contributed by atoms with Crippen LogP contribution in [0.15, 0.2) is 51.8 Å². The van der Waals surface area contributed by atoms with Crippen molar-refractivity contribution in [3.05, 3.63) is 52.4 Å². The van der Waals surface area contributed by atoms with Crippen LogP contribution in [0.2, 0.25) is 0 Å². The Morgan fingerprint density at radius 2 is 1.79 bits per heavy atom. The molecule has 1 amide bonds. The minimum absolute atomic E-state index is 0.290. The van der Waals surface area contributed by atoms with Crippen molar-refractivity contribution in [3.63, 3.8) is 0 Å². The molecule has 0 N–H and O–H groups in total. The third-order valence-corrected chi connectivity index (χ3v) is 8.32. The first kappa shape index (κ1) is 23.4. The summed E-state index contributed by atoms with van der Waals surface area (Å²) in [4.78, 5) is 23.8. The molecule has 2 fully saturated rings. The fourth-order valence-corrected chi connectivity index (χ4v) is 6.22. The van der Waals surface area contributed by atoms with Crippen molar-refractivity contribution in [2.24, 2.45) is 4.99 Å². The fourth-order valence-electron chi connectivity index (χ4n) is 6.22. The van der Waals surface area contributed by atoms with Crippen LogP contribution in [0.5, 0.6) is 0 Å². The zero-order valence-corrected chi connectivity index (χ0v) is 21.5. The highest BCUT2D eigenvalue weighted by molar-refractivity contribution is 6.12. The Bertz CT molecular complexity index is 1030. The SMILES string of the molecule is CCCCCC(CN1C(=O)C2(CN(C(CC)=C3CC3)C2)c2ccccc21)=NC1=C(C)CCCC1. The maximum atomic E-state index is 14.0. The Hall–Kier alpha value is -2.36. The summed E-state index contributed by atoms with van der Waals surface area (Å²) < 4.78 is 0. The van der Waals surface area contributed by atoms with E-state index < -0.39 is 0 Å². The minimum atomic E-state index is -0.374. The van der Waals surface area contributed by atoms with Crippen LogP contribution < -0.4 is 4.90 Å². The maximum absolute atomic E-state index is 14.0. The van der Waals surface area contributed by atoms with E-state index in [2.05, 4.69) is 54.8 Å². The van der Waals surface area contributed by atoms with E-state index in [0.717, 1.165) is 44.5 Å². The number of benzene rings is 1. The summed E-state index contributed by atoms with van der Waals surface area (Å²) in [6.07, 6.45) is 12.9. The zero-order valence-electron chi connectivity index (χ0n) is 21.5. The molecule has 1 saturated carbocycles. The molecular weight excluding hydrogens is 418 g/mol. The van der Waals surface area contributed by atoms with Crippen LogP contribution in [0.3, 0.4) is 0 Å². The van der Waals surface area contributed by atoms with Gasteiger partial charge in [-0.3, -0.25) is 9.79 Å². The van der Waals surface area contributed by atoms with Crippen molar-refractivity contribution in [1.82, 2.24) is 4.90 Å². The molecule has 1 aromatic rings. The van der Waals surface area contributed by atoms with Crippen LogP contribution in [0.25, 0.3) is 0 Å². The average Bonchev–Trinajstić information content (AvgIpc) is 3.62. The number of unbranched alkanes of at least 4 members (excludes halogenated alkanes) is 2. The lowest BCUT2D eigenvalue weighted by atomic mass is 9.74. The fraction of sp³-hybridized carbons (Fsp3) is 0.600. The molecule has 0 unspecified atom stereocenters. The van der Waals surface area contributed by atoms with Gasteiger partial charge in [0.2, 0.25) is 5.91 Å². The summed E-state index contributed by atoms with van der Waals surface area (Å²) in [5.74, 6) is 0.290. The standard InChI is InChI=1S/C30H41N3O/c1-4-6-7-13-24(31-26-15-10-8-12-22(26)3)19-33-28-16-11-9-14-25(28)30(29(33)34)20-32(21-30)27(5-2)23-17-18-23/h9,11,14,16H,4-8,10,12-13,15,17-21H2,1-3H3. The second-order valence-corrected chi connectivity index (χ2v) is 10.8. The van der Waals surface area contributed by atoms with Crippen molar-refractivity contribution in [2.45, 2.75) is 96.8 Å². The molecule has 182 valence electrons. The van der Waals surface area contributed by atoms with Crippen molar-refractivity contribution < 1.29 is 4.79 Å². The number of fused-ring (bicyclic) bond motifs is 2. The summed E-state index contributed by atoms with van der Waals surface area (Å²) in [6.45, 7) is 9.05. The molecule has 1 aromatic carbocycles. The first-order chi connectivity index (χ1) is 16.6. The molecule has 0 radical (unpaired) electrons. The predicted molar refractivity (Wildman–Crippen MR) is 141 cm³/mol. The Kier molecular flexibility index (Phi) is 6.68. The molecule has 1 saturated heterocycles. The van der Waals surface area contributed by atoms with Gasteiger partial charge in [-0.25, -0.2) is 0 Å². The normalized spacial score (nSPS) is 21.3. The maximum Gasteiger partial charge on any atom is 0.241 e. The predicted octanol–water partition coefficient (Wildman–Crippen LogP) is 6.91. The van der Waals surface area contributed by atoms with E-state index in [9.17, 15) is 4.79 Å². The van der Waals surface area contributed by atoms with Crippen LogP contribution in [-0.2, 0) is 10.2 Å². The van der Waals surface area contributed by atoms with Crippen molar-refractivity contribution in [3.8, 4) is 0 Å². The van der Waals surface area contributed by atoms with Gasteiger partial charge in [0.1, 0.15) is 5.41 Å². The highest BCUT2D eigenvalue weighted by atomic mass is 16.2. The number of carbonyl (C=O) groups is 1. The molecule has 0 aromatic heterocycles. The molecule has 0 bridgehead atoms. The molecule has 0 atom stereocenters.